The van der Waals surface area contributed by atoms with E-state index in [-0.39, 0.29) is 5.76 Å². The highest BCUT2D eigenvalue weighted by atomic mass is 35.5. The van der Waals surface area contributed by atoms with E-state index in [1.165, 1.54) is 6.92 Å². The van der Waals surface area contributed by atoms with Crippen molar-refractivity contribution in [3.63, 3.8) is 0 Å². The van der Waals surface area contributed by atoms with Crippen LogP contribution in [0.15, 0.2) is 40.8 Å². The quantitative estimate of drug-likeness (QED) is 0.627. The minimum Gasteiger partial charge on any atom is -0.449 e. The lowest BCUT2D eigenvalue weighted by molar-refractivity contribution is -0.123. The van der Waals surface area contributed by atoms with E-state index in [9.17, 15) is 9.59 Å². The van der Waals surface area contributed by atoms with Gasteiger partial charge < -0.3 is 14.5 Å². The minimum atomic E-state index is -0.979. The molecular weight excluding hydrogens is 366 g/mol. The normalized spacial score (nSPS) is 12.0. The molecule has 0 radical (unpaired) electrons. The first-order valence-corrected chi connectivity index (χ1v) is 8.92. The standard InChI is InChI=1S/C21H20ClNO4/c1-11-6-5-7-12(2)18(11)23-20(24)14(4)26-21(25)19-13(3)16-10-15(22)8-9-17(16)27-19/h5-10,14H,1-4H3,(H,23,24)/t14-/m0/s1. The molecule has 0 aliphatic carbocycles. The average Bonchev–Trinajstić information content (AvgIpc) is 2.94. The molecule has 0 saturated carbocycles. The molecule has 3 aromatic rings. The Bertz CT molecular complexity index is 1020. The topological polar surface area (TPSA) is 68.5 Å². The average molecular weight is 386 g/mol. The lowest BCUT2D eigenvalue weighted by Gasteiger charge is -2.15. The van der Waals surface area contributed by atoms with Gasteiger partial charge in [0.1, 0.15) is 5.58 Å². The Morgan fingerprint density at radius 2 is 1.78 bits per heavy atom. The van der Waals surface area contributed by atoms with Gasteiger partial charge in [-0.1, -0.05) is 29.8 Å². The molecule has 1 N–H and O–H groups in total. The number of hydrogen-bond acceptors (Lipinski definition) is 4. The van der Waals surface area contributed by atoms with Gasteiger partial charge in [0.2, 0.25) is 5.76 Å². The van der Waals surface area contributed by atoms with Crippen LogP contribution in [-0.4, -0.2) is 18.0 Å². The van der Waals surface area contributed by atoms with E-state index < -0.39 is 18.0 Å². The summed E-state index contributed by atoms with van der Waals surface area (Å²) >= 11 is 6.00. The Balaban J connectivity index is 1.76. The lowest BCUT2D eigenvalue weighted by atomic mass is 10.1. The highest BCUT2D eigenvalue weighted by Crippen LogP contribution is 2.28. The van der Waals surface area contributed by atoms with Crippen molar-refractivity contribution in [2.24, 2.45) is 0 Å². The van der Waals surface area contributed by atoms with Gasteiger partial charge in [-0.05, 0) is 57.0 Å². The van der Waals surface area contributed by atoms with E-state index in [1.54, 1.807) is 25.1 Å². The third-order valence-corrected chi connectivity index (χ3v) is 4.70. The van der Waals surface area contributed by atoms with Gasteiger partial charge in [0.05, 0.1) is 0 Å². The van der Waals surface area contributed by atoms with Gasteiger partial charge in [-0.2, -0.15) is 0 Å². The molecule has 0 spiro atoms. The van der Waals surface area contributed by atoms with E-state index in [0.29, 0.717) is 16.2 Å². The van der Waals surface area contributed by atoms with E-state index in [0.717, 1.165) is 22.2 Å². The van der Waals surface area contributed by atoms with Crippen LogP contribution >= 0.6 is 11.6 Å². The van der Waals surface area contributed by atoms with Gasteiger partial charge in [0.25, 0.3) is 5.91 Å². The third-order valence-electron chi connectivity index (χ3n) is 4.47. The number of benzene rings is 2. The highest BCUT2D eigenvalue weighted by molar-refractivity contribution is 6.31. The number of rotatable bonds is 4. The zero-order chi connectivity index (χ0) is 19.7. The number of carbonyl (C=O) groups excluding carboxylic acids is 2. The monoisotopic (exact) mass is 385 g/mol. The van der Waals surface area contributed by atoms with Gasteiger partial charge in [-0.15, -0.1) is 0 Å². The predicted octanol–water partition coefficient (Wildman–Crippen LogP) is 5.20. The highest BCUT2D eigenvalue weighted by Gasteiger charge is 2.24. The molecule has 2 aromatic carbocycles. The number of nitrogens with one attached hydrogen (secondary N) is 1. The Morgan fingerprint density at radius 3 is 2.44 bits per heavy atom. The predicted molar refractivity (Wildman–Crippen MR) is 105 cm³/mol. The summed E-state index contributed by atoms with van der Waals surface area (Å²) in [5.74, 6) is -1.03. The number of anilines is 1. The fourth-order valence-electron chi connectivity index (χ4n) is 2.89. The van der Waals surface area contributed by atoms with E-state index in [2.05, 4.69) is 5.32 Å². The summed E-state index contributed by atoms with van der Waals surface area (Å²) in [4.78, 5) is 24.9. The number of fused-ring (bicyclic) bond motifs is 1. The number of furan rings is 1. The van der Waals surface area contributed by atoms with Gasteiger partial charge in [-0.3, -0.25) is 4.79 Å². The molecule has 3 rings (SSSR count). The van der Waals surface area contributed by atoms with Crippen molar-refractivity contribution in [1.82, 2.24) is 0 Å². The summed E-state index contributed by atoms with van der Waals surface area (Å²) in [6, 6.07) is 10.8. The second-order valence-electron chi connectivity index (χ2n) is 6.50. The summed E-state index contributed by atoms with van der Waals surface area (Å²) in [7, 11) is 0. The number of amides is 1. The van der Waals surface area contributed by atoms with Crippen LogP contribution in [0.2, 0.25) is 5.02 Å². The number of para-hydroxylation sites is 1. The first kappa shape index (κ1) is 19.0. The van der Waals surface area contributed by atoms with Crippen LogP contribution in [0.4, 0.5) is 5.69 Å². The number of hydrogen-bond donors (Lipinski definition) is 1. The van der Waals surface area contributed by atoms with Crippen LogP contribution in [0.1, 0.15) is 34.2 Å². The van der Waals surface area contributed by atoms with Crippen molar-refractivity contribution in [2.45, 2.75) is 33.8 Å². The maximum Gasteiger partial charge on any atom is 0.375 e. The maximum absolute atomic E-state index is 12.5. The lowest BCUT2D eigenvalue weighted by Crippen LogP contribution is -2.30. The van der Waals surface area contributed by atoms with E-state index in [1.807, 2.05) is 32.0 Å². The molecule has 140 valence electrons. The molecule has 0 fully saturated rings. The van der Waals surface area contributed by atoms with Crippen LogP contribution in [0.25, 0.3) is 11.0 Å². The molecule has 0 aliphatic rings. The fraction of sp³-hybridized carbons (Fsp3) is 0.238. The maximum atomic E-state index is 12.5. The van der Waals surface area contributed by atoms with E-state index in [4.69, 9.17) is 20.8 Å². The number of aryl methyl sites for hydroxylation is 3. The number of carbonyl (C=O) groups is 2. The van der Waals surface area contributed by atoms with Crippen molar-refractivity contribution in [2.75, 3.05) is 5.32 Å². The number of esters is 1. The van der Waals surface area contributed by atoms with Gasteiger partial charge in [0, 0.05) is 21.7 Å². The van der Waals surface area contributed by atoms with Crippen LogP contribution < -0.4 is 5.32 Å². The molecule has 0 saturated heterocycles. The van der Waals surface area contributed by atoms with E-state index >= 15 is 0 Å². The first-order chi connectivity index (χ1) is 12.8. The fourth-order valence-corrected chi connectivity index (χ4v) is 3.06. The summed E-state index contributed by atoms with van der Waals surface area (Å²) in [6.07, 6.45) is -0.979. The Kier molecular flexibility index (Phi) is 5.24. The molecule has 1 atom stereocenters. The Morgan fingerprint density at radius 1 is 1.11 bits per heavy atom. The molecular formula is C21H20ClNO4. The Labute approximate surface area is 162 Å². The van der Waals surface area contributed by atoms with Crippen molar-refractivity contribution in [3.8, 4) is 0 Å². The largest absolute Gasteiger partial charge is 0.449 e. The van der Waals surface area contributed by atoms with Crippen molar-refractivity contribution < 1.29 is 18.7 Å². The molecule has 6 heteroatoms. The van der Waals surface area contributed by atoms with Gasteiger partial charge in [0.15, 0.2) is 6.10 Å². The molecule has 1 aromatic heterocycles. The smallest absolute Gasteiger partial charge is 0.375 e. The van der Waals surface area contributed by atoms with Gasteiger partial charge >= 0.3 is 5.97 Å². The van der Waals surface area contributed by atoms with Crippen LogP contribution in [0.5, 0.6) is 0 Å². The minimum absolute atomic E-state index is 0.0685. The van der Waals surface area contributed by atoms with Gasteiger partial charge in [-0.25, -0.2) is 4.79 Å². The van der Waals surface area contributed by atoms with Crippen LogP contribution in [0.3, 0.4) is 0 Å². The second kappa shape index (κ2) is 7.45. The third kappa shape index (κ3) is 3.83. The van der Waals surface area contributed by atoms with Crippen LogP contribution in [0, 0.1) is 20.8 Å². The Hall–Kier alpha value is -2.79. The molecule has 0 aliphatic heterocycles. The molecule has 0 bridgehead atoms. The summed E-state index contributed by atoms with van der Waals surface area (Å²) in [5.41, 5.74) is 3.76. The molecule has 0 unspecified atom stereocenters. The SMILES string of the molecule is Cc1cccc(C)c1NC(=O)[C@H](C)OC(=O)c1oc2ccc(Cl)cc2c1C. The van der Waals surface area contributed by atoms with Crippen molar-refractivity contribution >= 4 is 40.1 Å². The molecule has 1 amide bonds. The number of halogens is 1. The zero-order valence-electron chi connectivity index (χ0n) is 15.6. The molecule has 27 heavy (non-hydrogen) atoms. The van der Waals surface area contributed by atoms with Crippen molar-refractivity contribution in [1.29, 1.82) is 0 Å². The van der Waals surface area contributed by atoms with Crippen molar-refractivity contribution in [3.05, 3.63) is 63.9 Å². The molecule has 5 nitrogen and oxygen atoms in total. The molecule has 1 heterocycles. The summed E-state index contributed by atoms with van der Waals surface area (Å²) < 4.78 is 10.9. The number of ether oxygens (including phenoxy) is 1. The first-order valence-electron chi connectivity index (χ1n) is 8.54. The van der Waals surface area contributed by atoms with Crippen LogP contribution in [-0.2, 0) is 9.53 Å². The zero-order valence-corrected chi connectivity index (χ0v) is 16.3. The second-order valence-corrected chi connectivity index (χ2v) is 6.94. The summed E-state index contributed by atoms with van der Waals surface area (Å²) in [6.45, 7) is 7.08. The summed E-state index contributed by atoms with van der Waals surface area (Å²) in [5, 5.41) is 4.11.